The molecule has 3 heterocycles. The first-order valence-corrected chi connectivity index (χ1v) is 11.0. The number of aliphatic hydroxyl groups is 1. The summed E-state index contributed by atoms with van der Waals surface area (Å²) >= 11 is 0. The molecular weight excluding hydrogens is 424 g/mol. The number of aryl methyl sites for hydroxylation is 1. The number of methoxy groups -OCH3 is 1. The molecule has 2 atom stereocenters. The van der Waals surface area contributed by atoms with Gasteiger partial charge in [-0.2, -0.15) is 5.10 Å². The summed E-state index contributed by atoms with van der Waals surface area (Å²) in [6.45, 7) is 3.08. The van der Waals surface area contributed by atoms with Crippen LogP contribution >= 0.6 is 0 Å². The van der Waals surface area contributed by atoms with E-state index in [4.69, 9.17) is 4.74 Å². The first kappa shape index (κ1) is 22.9. The van der Waals surface area contributed by atoms with Crippen LogP contribution in [0.3, 0.4) is 0 Å². The standard InChI is InChI=1S/C22H30N8O3/c1-28-19-12-17(13-23-9-11-33-2)26-30(19)10-8-18(22(28)32)25-21(31)20-24-15-29(27-20)14-16-6-4-3-5-7-16/h3-7,12,15,18,22-23,32H,8-11,13-14H2,1-2H3,(H,25,31)/t18-,22?/m0/s1. The van der Waals surface area contributed by atoms with E-state index in [1.54, 1.807) is 23.7 Å². The van der Waals surface area contributed by atoms with Crippen LogP contribution in [-0.4, -0.2) is 75.1 Å². The fourth-order valence-corrected chi connectivity index (χ4v) is 3.83. The molecule has 1 amide bonds. The average Bonchev–Trinajstić information content (AvgIpc) is 3.44. The number of aromatic nitrogens is 5. The van der Waals surface area contributed by atoms with Gasteiger partial charge in [-0.1, -0.05) is 30.3 Å². The fraction of sp³-hybridized carbons (Fsp3) is 0.455. The van der Waals surface area contributed by atoms with Crippen molar-refractivity contribution in [3.8, 4) is 0 Å². The van der Waals surface area contributed by atoms with Gasteiger partial charge in [0.25, 0.3) is 5.91 Å². The van der Waals surface area contributed by atoms with Crippen molar-refractivity contribution >= 4 is 11.7 Å². The highest BCUT2D eigenvalue weighted by molar-refractivity contribution is 5.90. The number of carbonyl (C=O) groups excluding carboxylic acids is 1. The van der Waals surface area contributed by atoms with Gasteiger partial charge < -0.3 is 25.4 Å². The molecule has 1 aromatic carbocycles. The topological polar surface area (TPSA) is 122 Å². The molecule has 0 saturated carbocycles. The van der Waals surface area contributed by atoms with Gasteiger partial charge in [0, 0.05) is 39.9 Å². The smallest absolute Gasteiger partial charge is 0.291 e. The number of carbonyl (C=O) groups is 1. The molecule has 3 N–H and O–H groups in total. The van der Waals surface area contributed by atoms with E-state index in [1.807, 2.05) is 41.1 Å². The van der Waals surface area contributed by atoms with Crippen LogP contribution in [0.1, 0.15) is 28.3 Å². The minimum absolute atomic E-state index is 0.0761. The molecule has 1 unspecified atom stereocenters. The maximum Gasteiger partial charge on any atom is 0.291 e. The zero-order valence-corrected chi connectivity index (χ0v) is 18.9. The number of hydrogen-bond donors (Lipinski definition) is 3. The average molecular weight is 455 g/mol. The summed E-state index contributed by atoms with van der Waals surface area (Å²) < 4.78 is 8.52. The van der Waals surface area contributed by atoms with Crippen LogP contribution in [-0.2, 0) is 24.4 Å². The second-order valence-electron chi connectivity index (χ2n) is 8.03. The first-order chi connectivity index (χ1) is 16.0. The van der Waals surface area contributed by atoms with E-state index in [-0.39, 0.29) is 5.82 Å². The van der Waals surface area contributed by atoms with Gasteiger partial charge in [-0.25, -0.2) is 14.3 Å². The minimum Gasteiger partial charge on any atom is -0.383 e. The number of ether oxygens (including phenoxy) is 1. The summed E-state index contributed by atoms with van der Waals surface area (Å²) in [6, 6.07) is 11.3. The fourth-order valence-electron chi connectivity index (χ4n) is 3.83. The molecule has 1 aliphatic heterocycles. The molecule has 33 heavy (non-hydrogen) atoms. The Balaban J connectivity index is 1.36. The number of aliphatic hydroxyl groups excluding tert-OH is 1. The summed E-state index contributed by atoms with van der Waals surface area (Å²) in [7, 11) is 3.45. The lowest BCUT2D eigenvalue weighted by Crippen LogP contribution is -2.50. The third kappa shape index (κ3) is 5.56. The van der Waals surface area contributed by atoms with Crippen LogP contribution in [0, 0.1) is 0 Å². The largest absolute Gasteiger partial charge is 0.383 e. The van der Waals surface area contributed by atoms with Crippen LogP contribution in [0.5, 0.6) is 0 Å². The second-order valence-corrected chi connectivity index (χ2v) is 8.03. The van der Waals surface area contributed by atoms with Crippen molar-refractivity contribution in [3.05, 3.63) is 59.8 Å². The van der Waals surface area contributed by atoms with E-state index < -0.39 is 18.2 Å². The summed E-state index contributed by atoms with van der Waals surface area (Å²) in [5.41, 5.74) is 1.95. The molecule has 2 aromatic heterocycles. The Bertz CT molecular complexity index is 1050. The molecule has 1 aliphatic rings. The number of fused-ring (bicyclic) bond motifs is 1. The molecule has 0 spiro atoms. The normalized spacial score (nSPS) is 18.1. The van der Waals surface area contributed by atoms with Crippen molar-refractivity contribution in [1.29, 1.82) is 0 Å². The Morgan fingerprint density at radius 1 is 1.27 bits per heavy atom. The predicted octanol–water partition coefficient (Wildman–Crippen LogP) is 0.216. The number of rotatable bonds is 9. The van der Waals surface area contributed by atoms with Crippen LogP contribution in [0.4, 0.5) is 5.82 Å². The van der Waals surface area contributed by atoms with Crippen LogP contribution < -0.4 is 15.5 Å². The number of amides is 1. The highest BCUT2D eigenvalue weighted by atomic mass is 16.5. The van der Waals surface area contributed by atoms with Crippen LogP contribution in [0.25, 0.3) is 0 Å². The summed E-state index contributed by atoms with van der Waals surface area (Å²) in [6.07, 6.45) is 1.15. The Morgan fingerprint density at radius 3 is 2.88 bits per heavy atom. The molecule has 0 bridgehead atoms. The molecule has 0 saturated heterocycles. The van der Waals surface area contributed by atoms with E-state index in [1.165, 1.54) is 6.33 Å². The Kier molecular flexibility index (Phi) is 7.33. The van der Waals surface area contributed by atoms with E-state index >= 15 is 0 Å². The van der Waals surface area contributed by atoms with Crippen molar-refractivity contribution in [1.82, 2.24) is 35.2 Å². The molecule has 176 valence electrons. The SMILES string of the molecule is COCCNCc1cc2n(n1)CC[C@H](NC(=O)c1ncn(Cc3ccccc3)n1)C(O)N2C. The third-order valence-electron chi connectivity index (χ3n) is 5.61. The maximum absolute atomic E-state index is 12.8. The van der Waals surface area contributed by atoms with Crippen molar-refractivity contribution in [2.45, 2.75) is 38.3 Å². The number of nitrogens with zero attached hydrogens (tertiary/aromatic N) is 6. The monoisotopic (exact) mass is 454 g/mol. The molecule has 0 radical (unpaired) electrons. The van der Waals surface area contributed by atoms with Gasteiger partial charge in [-0.3, -0.25) is 4.79 Å². The number of likely N-dealkylation sites (N-methyl/N-ethyl adjacent to an activating group) is 1. The Hall–Kier alpha value is -3.28. The highest BCUT2D eigenvalue weighted by Crippen LogP contribution is 2.23. The van der Waals surface area contributed by atoms with E-state index in [0.717, 1.165) is 23.6 Å². The van der Waals surface area contributed by atoms with Gasteiger partial charge in [0.1, 0.15) is 18.4 Å². The molecule has 11 nitrogen and oxygen atoms in total. The molecular formula is C22H30N8O3. The molecule has 11 heteroatoms. The lowest BCUT2D eigenvalue weighted by molar-refractivity contribution is 0.0818. The van der Waals surface area contributed by atoms with Gasteiger partial charge in [-0.15, -0.1) is 5.10 Å². The Morgan fingerprint density at radius 2 is 2.09 bits per heavy atom. The van der Waals surface area contributed by atoms with Crippen molar-refractivity contribution < 1.29 is 14.6 Å². The zero-order valence-electron chi connectivity index (χ0n) is 18.9. The predicted molar refractivity (Wildman–Crippen MR) is 122 cm³/mol. The van der Waals surface area contributed by atoms with Gasteiger partial charge in [0.2, 0.25) is 5.82 Å². The number of benzene rings is 1. The number of hydrogen-bond acceptors (Lipinski definition) is 8. The lowest BCUT2D eigenvalue weighted by Gasteiger charge is -2.28. The number of anilines is 1. The second kappa shape index (κ2) is 10.6. The van der Waals surface area contributed by atoms with Gasteiger partial charge in [0.15, 0.2) is 0 Å². The Labute approximate surface area is 192 Å². The van der Waals surface area contributed by atoms with Crippen molar-refractivity contribution in [3.63, 3.8) is 0 Å². The molecule has 4 rings (SSSR count). The quantitative estimate of drug-likeness (QED) is 0.393. The minimum atomic E-state index is -0.910. The van der Waals surface area contributed by atoms with Gasteiger partial charge >= 0.3 is 0 Å². The molecule has 0 aliphatic carbocycles. The summed E-state index contributed by atoms with van der Waals surface area (Å²) in [4.78, 5) is 18.6. The highest BCUT2D eigenvalue weighted by Gasteiger charge is 2.31. The van der Waals surface area contributed by atoms with Crippen molar-refractivity contribution in [2.24, 2.45) is 0 Å². The van der Waals surface area contributed by atoms with E-state index in [9.17, 15) is 9.90 Å². The summed E-state index contributed by atoms with van der Waals surface area (Å²) in [5.74, 6) is 0.460. The van der Waals surface area contributed by atoms with Gasteiger partial charge in [-0.05, 0) is 12.0 Å². The molecule has 3 aromatic rings. The van der Waals surface area contributed by atoms with Crippen LogP contribution in [0.2, 0.25) is 0 Å². The molecule has 0 fully saturated rings. The van der Waals surface area contributed by atoms with E-state index in [0.29, 0.717) is 32.7 Å². The number of nitrogens with one attached hydrogen (secondary N) is 2. The lowest BCUT2D eigenvalue weighted by atomic mass is 10.1. The van der Waals surface area contributed by atoms with Crippen LogP contribution in [0.15, 0.2) is 42.7 Å². The van der Waals surface area contributed by atoms with E-state index in [2.05, 4.69) is 25.8 Å². The summed E-state index contributed by atoms with van der Waals surface area (Å²) in [5, 5.41) is 26.0. The van der Waals surface area contributed by atoms with Crippen molar-refractivity contribution in [2.75, 3.05) is 32.2 Å². The zero-order chi connectivity index (χ0) is 23.2. The first-order valence-electron chi connectivity index (χ1n) is 11.0. The third-order valence-corrected chi connectivity index (χ3v) is 5.61. The maximum atomic E-state index is 12.8. The van der Waals surface area contributed by atoms with Gasteiger partial charge in [0.05, 0.1) is 24.9 Å².